The van der Waals surface area contributed by atoms with Gasteiger partial charge in [0.2, 0.25) is 5.91 Å². The zero-order valence-corrected chi connectivity index (χ0v) is 17.2. The van der Waals surface area contributed by atoms with Gasteiger partial charge in [0.15, 0.2) is 6.10 Å². The predicted octanol–water partition coefficient (Wildman–Crippen LogP) is 3.45. The molecule has 7 nitrogen and oxygen atoms in total. The second kappa shape index (κ2) is 7.71. The summed E-state index contributed by atoms with van der Waals surface area (Å²) in [6.45, 7) is 5.83. The maximum atomic E-state index is 12.8. The molecular weight excluding hydrogens is 390 g/mol. The summed E-state index contributed by atoms with van der Waals surface area (Å²) in [5.74, 6) is 0.691. The van der Waals surface area contributed by atoms with E-state index in [0.29, 0.717) is 17.2 Å². The van der Waals surface area contributed by atoms with E-state index in [-0.39, 0.29) is 24.9 Å². The molecule has 1 unspecified atom stereocenters. The van der Waals surface area contributed by atoms with Crippen LogP contribution in [0.25, 0.3) is 11.3 Å². The van der Waals surface area contributed by atoms with Crippen LogP contribution in [0.1, 0.15) is 22.6 Å². The van der Waals surface area contributed by atoms with E-state index in [1.165, 1.54) is 4.90 Å². The summed E-state index contributed by atoms with van der Waals surface area (Å²) >= 11 is 1.62. The number of hydrogen-bond acceptors (Lipinski definition) is 6. The molecule has 3 aromatic rings. The largest absolute Gasteiger partial charge is 0.479 e. The lowest BCUT2D eigenvalue weighted by Gasteiger charge is -2.32. The normalized spacial score (nSPS) is 15.8. The fourth-order valence-corrected chi connectivity index (χ4v) is 4.15. The Labute approximate surface area is 172 Å². The molecule has 1 aliphatic rings. The van der Waals surface area contributed by atoms with Gasteiger partial charge in [-0.25, -0.2) is 4.98 Å². The van der Waals surface area contributed by atoms with Crippen molar-refractivity contribution >= 4 is 28.8 Å². The van der Waals surface area contributed by atoms with Gasteiger partial charge in [0.1, 0.15) is 18.1 Å². The molecule has 4 rings (SSSR count). The van der Waals surface area contributed by atoms with Crippen LogP contribution in [0.4, 0.5) is 5.69 Å². The topological polar surface area (TPSA) is 84.7 Å². The second-order valence-corrected chi connectivity index (χ2v) is 8.27. The lowest BCUT2D eigenvalue weighted by atomic mass is 10.1. The summed E-state index contributed by atoms with van der Waals surface area (Å²) in [6.07, 6.45) is 0.892. The highest BCUT2D eigenvalue weighted by molar-refractivity contribution is 7.11. The number of furan rings is 1. The van der Waals surface area contributed by atoms with E-state index in [4.69, 9.17) is 9.15 Å². The van der Waals surface area contributed by atoms with Crippen LogP contribution in [0, 0.1) is 13.8 Å². The first-order valence-corrected chi connectivity index (χ1v) is 10.1. The molecule has 8 heteroatoms. The zero-order chi connectivity index (χ0) is 20.5. The number of anilines is 1. The highest BCUT2D eigenvalue weighted by Crippen LogP contribution is 2.38. The van der Waals surface area contributed by atoms with Crippen molar-refractivity contribution in [2.24, 2.45) is 0 Å². The SMILES string of the molecule is Cc1nc(-c2ccc3c(c2)N(CC(=O)NCc2ccco2)C(=O)C(C)O3)c(C)s1. The summed E-state index contributed by atoms with van der Waals surface area (Å²) in [5.41, 5.74) is 2.34. The van der Waals surface area contributed by atoms with Gasteiger partial charge in [-0.2, -0.15) is 0 Å². The Balaban J connectivity index is 1.60. The molecule has 1 aromatic carbocycles. The molecule has 29 heavy (non-hydrogen) atoms. The number of fused-ring (bicyclic) bond motifs is 1. The van der Waals surface area contributed by atoms with Crippen molar-refractivity contribution in [3.63, 3.8) is 0 Å². The minimum atomic E-state index is -0.658. The van der Waals surface area contributed by atoms with Crippen LogP contribution in [0.5, 0.6) is 5.75 Å². The first-order chi connectivity index (χ1) is 13.9. The Morgan fingerprint density at radius 2 is 2.14 bits per heavy atom. The molecule has 0 saturated heterocycles. The highest BCUT2D eigenvalue weighted by atomic mass is 32.1. The molecule has 1 aliphatic heterocycles. The average molecular weight is 411 g/mol. The second-order valence-electron chi connectivity index (χ2n) is 6.86. The van der Waals surface area contributed by atoms with Gasteiger partial charge in [0.25, 0.3) is 5.91 Å². The van der Waals surface area contributed by atoms with E-state index in [1.54, 1.807) is 36.7 Å². The van der Waals surface area contributed by atoms with E-state index in [9.17, 15) is 9.59 Å². The maximum absolute atomic E-state index is 12.8. The smallest absolute Gasteiger partial charge is 0.268 e. The number of aromatic nitrogens is 1. The molecule has 0 saturated carbocycles. The van der Waals surface area contributed by atoms with Crippen LogP contribution in [0.2, 0.25) is 0 Å². The van der Waals surface area contributed by atoms with Crippen molar-refractivity contribution in [1.82, 2.24) is 10.3 Å². The number of carbonyl (C=O) groups excluding carboxylic acids is 2. The zero-order valence-electron chi connectivity index (χ0n) is 16.4. The maximum Gasteiger partial charge on any atom is 0.268 e. The molecule has 1 atom stereocenters. The monoisotopic (exact) mass is 411 g/mol. The van der Waals surface area contributed by atoms with Gasteiger partial charge in [-0.05, 0) is 51.1 Å². The van der Waals surface area contributed by atoms with Gasteiger partial charge in [0, 0.05) is 10.4 Å². The van der Waals surface area contributed by atoms with Crippen molar-refractivity contribution < 1.29 is 18.7 Å². The van der Waals surface area contributed by atoms with Crippen LogP contribution in [-0.4, -0.2) is 29.4 Å². The van der Waals surface area contributed by atoms with Gasteiger partial charge in [-0.15, -0.1) is 11.3 Å². The molecule has 150 valence electrons. The van der Waals surface area contributed by atoms with Crippen LogP contribution >= 0.6 is 11.3 Å². The van der Waals surface area contributed by atoms with Gasteiger partial charge in [-0.3, -0.25) is 14.5 Å². The predicted molar refractivity (Wildman–Crippen MR) is 110 cm³/mol. The molecule has 2 aromatic heterocycles. The van der Waals surface area contributed by atoms with E-state index in [0.717, 1.165) is 21.1 Å². The Morgan fingerprint density at radius 3 is 2.83 bits per heavy atom. The number of nitrogens with zero attached hydrogens (tertiary/aromatic N) is 2. The summed E-state index contributed by atoms with van der Waals surface area (Å²) in [4.78, 5) is 32.4. The van der Waals surface area contributed by atoms with Crippen molar-refractivity contribution in [1.29, 1.82) is 0 Å². The van der Waals surface area contributed by atoms with Crippen LogP contribution < -0.4 is 15.0 Å². The quantitative estimate of drug-likeness (QED) is 0.695. The molecule has 3 heterocycles. The molecule has 0 radical (unpaired) electrons. The Hall–Kier alpha value is -3.13. The van der Waals surface area contributed by atoms with Crippen LogP contribution in [-0.2, 0) is 16.1 Å². The summed E-state index contributed by atoms with van der Waals surface area (Å²) in [6, 6.07) is 9.16. The third-order valence-corrected chi connectivity index (χ3v) is 5.57. The van der Waals surface area contributed by atoms with Crippen LogP contribution in [0.3, 0.4) is 0 Å². The summed E-state index contributed by atoms with van der Waals surface area (Å²) in [7, 11) is 0. The Morgan fingerprint density at radius 1 is 1.31 bits per heavy atom. The third-order valence-electron chi connectivity index (χ3n) is 4.69. The summed E-state index contributed by atoms with van der Waals surface area (Å²) in [5, 5.41) is 3.76. The van der Waals surface area contributed by atoms with Crippen molar-refractivity contribution in [3.8, 4) is 17.0 Å². The van der Waals surface area contributed by atoms with Gasteiger partial charge in [0.05, 0.1) is 29.2 Å². The van der Waals surface area contributed by atoms with E-state index < -0.39 is 6.10 Å². The lowest BCUT2D eigenvalue weighted by molar-refractivity contribution is -0.128. The fourth-order valence-electron chi connectivity index (χ4n) is 3.31. The number of hydrogen-bond donors (Lipinski definition) is 1. The number of amides is 2. The average Bonchev–Trinajstić information content (AvgIpc) is 3.32. The van der Waals surface area contributed by atoms with E-state index in [1.807, 2.05) is 32.0 Å². The minimum Gasteiger partial charge on any atom is -0.479 e. The molecule has 0 spiro atoms. The molecule has 0 aliphatic carbocycles. The number of rotatable bonds is 5. The third kappa shape index (κ3) is 3.88. The molecule has 0 fully saturated rings. The standard InChI is InChI=1S/C21H21N3O4S/c1-12-21(26)24(11-19(25)22-10-16-5-4-8-27-16)17-9-15(6-7-18(17)28-12)20-13(2)29-14(3)23-20/h4-9,12H,10-11H2,1-3H3,(H,22,25). The minimum absolute atomic E-state index is 0.0984. The van der Waals surface area contributed by atoms with E-state index >= 15 is 0 Å². The van der Waals surface area contributed by atoms with Crippen LogP contribution in [0.15, 0.2) is 41.0 Å². The molecule has 2 amide bonds. The number of thiazole rings is 1. The highest BCUT2D eigenvalue weighted by Gasteiger charge is 2.33. The van der Waals surface area contributed by atoms with Gasteiger partial charge < -0.3 is 14.5 Å². The Kier molecular flexibility index (Phi) is 5.10. The first-order valence-electron chi connectivity index (χ1n) is 9.28. The van der Waals surface area contributed by atoms with Crippen molar-refractivity contribution in [2.75, 3.05) is 11.4 Å². The van der Waals surface area contributed by atoms with Crippen molar-refractivity contribution in [2.45, 2.75) is 33.4 Å². The number of benzene rings is 1. The molecule has 0 bridgehead atoms. The van der Waals surface area contributed by atoms with E-state index in [2.05, 4.69) is 10.3 Å². The Bertz CT molecular complexity index is 1060. The lowest BCUT2D eigenvalue weighted by Crippen LogP contribution is -2.48. The number of aryl methyl sites for hydroxylation is 2. The first kappa shape index (κ1) is 19.2. The summed E-state index contributed by atoms with van der Waals surface area (Å²) < 4.78 is 11.0. The number of nitrogens with one attached hydrogen (secondary N) is 1. The number of carbonyl (C=O) groups is 2. The van der Waals surface area contributed by atoms with Crippen molar-refractivity contribution in [3.05, 3.63) is 52.2 Å². The number of ether oxygens (including phenoxy) is 1. The molecular formula is C21H21N3O4S. The fraction of sp³-hybridized carbons (Fsp3) is 0.286. The van der Waals surface area contributed by atoms with Gasteiger partial charge in [-0.1, -0.05) is 0 Å². The molecule has 1 N–H and O–H groups in total. The van der Waals surface area contributed by atoms with Gasteiger partial charge >= 0.3 is 0 Å².